The van der Waals surface area contributed by atoms with Crippen LogP contribution in [0.2, 0.25) is 0 Å². The summed E-state index contributed by atoms with van der Waals surface area (Å²) in [6.45, 7) is 1.75. The van der Waals surface area contributed by atoms with Gasteiger partial charge in [-0.1, -0.05) is 17.7 Å². The monoisotopic (exact) mass is 227 g/mol. The molecule has 74 valence electrons. The van der Waals surface area contributed by atoms with Crippen LogP contribution in [0.4, 0.5) is 5.00 Å². The smallest absolute Gasteiger partial charge is 0.160 e. The maximum absolute atomic E-state index is 10.5. The zero-order chi connectivity index (χ0) is 9.97. The minimum atomic E-state index is 0.764. The lowest BCUT2D eigenvalue weighted by atomic mass is 10.2. The summed E-state index contributed by atoms with van der Waals surface area (Å²) in [4.78, 5) is 13.5. The summed E-state index contributed by atoms with van der Waals surface area (Å²) in [5, 5.41) is 2.01. The highest BCUT2D eigenvalue weighted by atomic mass is 35.5. The SMILES string of the molecule is O=Cc1ccc(N2CCC=C(Cl)C2)s1. The summed E-state index contributed by atoms with van der Waals surface area (Å²) < 4.78 is 0. The van der Waals surface area contributed by atoms with Crippen LogP contribution < -0.4 is 4.90 Å². The van der Waals surface area contributed by atoms with E-state index in [1.54, 1.807) is 0 Å². The highest BCUT2D eigenvalue weighted by Crippen LogP contribution is 2.28. The van der Waals surface area contributed by atoms with Crippen LogP contribution in [-0.2, 0) is 0 Å². The van der Waals surface area contributed by atoms with Crippen LogP contribution in [-0.4, -0.2) is 19.4 Å². The lowest BCUT2D eigenvalue weighted by molar-refractivity contribution is 0.112. The van der Waals surface area contributed by atoms with Crippen molar-refractivity contribution in [1.82, 2.24) is 0 Å². The quantitative estimate of drug-likeness (QED) is 0.725. The van der Waals surface area contributed by atoms with Crippen LogP contribution in [0.3, 0.4) is 0 Å². The second-order valence-electron chi connectivity index (χ2n) is 3.16. The van der Waals surface area contributed by atoms with Gasteiger partial charge >= 0.3 is 0 Å². The molecule has 2 nitrogen and oxygen atoms in total. The van der Waals surface area contributed by atoms with Crippen LogP contribution in [0.1, 0.15) is 16.1 Å². The largest absolute Gasteiger partial charge is 0.358 e. The fourth-order valence-corrected chi connectivity index (χ4v) is 2.57. The fourth-order valence-electron chi connectivity index (χ4n) is 1.47. The Kier molecular flexibility index (Phi) is 2.89. The Labute approximate surface area is 91.8 Å². The van der Waals surface area contributed by atoms with Gasteiger partial charge in [-0.2, -0.15) is 0 Å². The molecule has 1 aliphatic heterocycles. The Hall–Kier alpha value is -0.800. The number of rotatable bonds is 2. The average molecular weight is 228 g/mol. The average Bonchev–Trinajstić information content (AvgIpc) is 2.66. The highest BCUT2D eigenvalue weighted by molar-refractivity contribution is 7.17. The maximum atomic E-state index is 10.5. The molecule has 0 aliphatic carbocycles. The molecule has 0 amide bonds. The van der Waals surface area contributed by atoms with Crippen molar-refractivity contribution in [1.29, 1.82) is 0 Å². The lowest BCUT2D eigenvalue weighted by Crippen LogP contribution is -2.27. The van der Waals surface area contributed by atoms with E-state index < -0.39 is 0 Å². The molecule has 0 fully saturated rings. The van der Waals surface area contributed by atoms with Crippen molar-refractivity contribution >= 4 is 34.2 Å². The van der Waals surface area contributed by atoms with Crippen LogP contribution in [0, 0.1) is 0 Å². The minimum absolute atomic E-state index is 0.764. The van der Waals surface area contributed by atoms with Gasteiger partial charge in [0.2, 0.25) is 0 Å². The van der Waals surface area contributed by atoms with E-state index >= 15 is 0 Å². The van der Waals surface area contributed by atoms with E-state index in [9.17, 15) is 4.79 Å². The summed E-state index contributed by atoms with van der Waals surface area (Å²) in [5.41, 5.74) is 0. The third-order valence-electron chi connectivity index (χ3n) is 2.15. The Balaban J connectivity index is 2.15. The number of hydrogen-bond donors (Lipinski definition) is 0. The molecule has 0 unspecified atom stereocenters. The van der Waals surface area contributed by atoms with Gasteiger partial charge in [-0.05, 0) is 18.6 Å². The Morgan fingerprint density at radius 1 is 1.50 bits per heavy atom. The topological polar surface area (TPSA) is 20.3 Å². The standard InChI is InChI=1S/C10H10ClNOS/c11-8-2-1-5-12(6-8)10-4-3-9(7-13)14-10/h2-4,7H,1,5-6H2. The fraction of sp³-hybridized carbons (Fsp3) is 0.300. The second-order valence-corrected chi connectivity index (χ2v) is 4.73. The third kappa shape index (κ3) is 1.99. The van der Waals surface area contributed by atoms with Crippen LogP contribution >= 0.6 is 22.9 Å². The summed E-state index contributed by atoms with van der Waals surface area (Å²) in [6, 6.07) is 3.82. The number of thiophene rings is 1. The number of carbonyl (C=O) groups excluding carboxylic acids is 1. The van der Waals surface area contributed by atoms with E-state index in [2.05, 4.69) is 4.90 Å². The van der Waals surface area contributed by atoms with E-state index in [4.69, 9.17) is 11.6 Å². The molecule has 1 aliphatic rings. The second kappa shape index (κ2) is 4.15. The minimum Gasteiger partial charge on any atom is -0.358 e. The molecule has 0 spiro atoms. The summed E-state index contributed by atoms with van der Waals surface area (Å²) in [5.74, 6) is 0. The van der Waals surface area contributed by atoms with Gasteiger partial charge in [0.05, 0.1) is 16.4 Å². The van der Waals surface area contributed by atoms with Crippen molar-refractivity contribution in [3.8, 4) is 0 Å². The normalized spacial score (nSPS) is 16.6. The first kappa shape index (κ1) is 9.74. The molecule has 0 saturated carbocycles. The molecule has 0 atom stereocenters. The molecule has 2 heterocycles. The van der Waals surface area contributed by atoms with Crippen molar-refractivity contribution in [3.05, 3.63) is 28.1 Å². The third-order valence-corrected chi connectivity index (χ3v) is 3.49. The van der Waals surface area contributed by atoms with Gasteiger partial charge < -0.3 is 4.90 Å². The number of hydrogen-bond acceptors (Lipinski definition) is 3. The molecule has 0 bridgehead atoms. The molecule has 0 N–H and O–H groups in total. The number of aldehydes is 1. The van der Waals surface area contributed by atoms with Gasteiger partial charge in [0.1, 0.15) is 0 Å². The molecule has 0 aromatic carbocycles. The van der Waals surface area contributed by atoms with Gasteiger partial charge in [-0.25, -0.2) is 0 Å². The van der Waals surface area contributed by atoms with Crippen molar-refractivity contribution in [2.24, 2.45) is 0 Å². The van der Waals surface area contributed by atoms with Gasteiger partial charge in [0.25, 0.3) is 0 Å². The van der Waals surface area contributed by atoms with E-state index in [1.807, 2.05) is 18.2 Å². The van der Waals surface area contributed by atoms with E-state index in [0.717, 1.165) is 40.7 Å². The van der Waals surface area contributed by atoms with Gasteiger partial charge in [-0.3, -0.25) is 4.79 Å². The molecule has 0 saturated heterocycles. The van der Waals surface area contributed by atoms with E-state index in [-0.39, 0.29) is 0 Å². The highest BCUT2D eigenvalue weighted by Gasteiger charge is 2.13. The van der Waals surface area contributed by atoms with Crippen molar-refractivity contribution in [3.63, 3.8) is 0 Å². The summed E-state index contributed by atoms with van der Waals surface area (Å²) in [6.07, 6.45) is 3.91. The zero-order valence-electron chi connectivity index (χ0n) is 7.57. The molecule has 1 aromatic rings. The lowest BCUT2D eigenvalue weighted by Gasteiger charge is -2.25. The van der Waals surface area contributed by atoms with Crippen molar-refractivity contribution in [2.75, 3.05) is 18.0 Å². The van der Waals surface area contributed by atoms with Crippen LogP contribution in [0.25, 0.3) is 0 Å². The van der Waals surface area contributed by atoms with Crippen molar-refractivity contribution in [2.45, 2.75) is 6.42 Å². The number of nitrogens with zero attached hydrogens (tertiary/aromatic N) is 1. The Morgan fingerprint density at radius 3 is 3.00 bits per heavy atom. The molecule has 4 heteroatoms. The van der Waals surface area contributed by atoms with Gasteiger partial charge in [-0.15, -0.1) is 11.3 Å². The number of halogens is 1. The van der Waals surface area contributed by atoms with Gasteiger partial charge in [0, 0.05) is 11.6 Å². The maximum Gasteiger partial charge on any atom is 0.160 e. The van der Waals surface area contributed by atoms with Crippen LogP contribution in [0.5, 0.6) is 0 Å². The number of anilines is 1. The summed E-state index contributed by atoms with van der Waals surface area (Å²) in [7, 11) is 0. The molecular formula is C10H10ClNOS. The van der Waals surface area contributed by atoms with Gasteiger partial charge in [0.15, 0.2) is 6.29 Å². The van der Waals surface area contributed by atoms with E-state index in [0.29, 0.717) is 0 Å². The first-order valence-electron chi connectivity index (χ1n) is 4.44. The van der Waals surface area contributed by atoms with E-state index in [1.165, 1.54) is 11.3 Å². The molecule has 1 aromatic heterocycles. The predicted octanol–water partition coefficient (Wildman–Crippen LogP) is 2.89. The molecule has 2 rings (SSSR count). The Bertz CT molecular complexity index is 372. The molecule has 14 heavy (non-hydrogen) atoms. The zero-order valence-corrected chi connectivity index (χ0v) is 9.14. The Morgan fingerprint density at radius 2 is 2.36 bits per heavy atom. The predicted molar refractivity (Wildman–Crippen MR) is 60.5 cm³/mol. The first-order valence-corrected chi connectivity index (χ1v) is 5.63. The molecule has 0 radical (unpaired) electrons. The van der Waals surface area contributed by atoms with Crippen LogP contribution in [0.15, 0.2) is 23.2 Å². The number of carbonyl (C=O) groups is 1. The van der Waals surface area contributed by atoms with Crippen molar-refractivity contribution < 1.29 is 4.79 Å². The summed E-state index contributed by atoms with van der Waals surface area (Å²) >= 11 is 7.47. The first-order chi connectivity index (χ1) is 6.79. The molecular weight excluding hydrogens is 218 g/mol.